The summed E-state index contributed by atoms with van der Waals surface area (Å²) in [5.41, 5.74) is 2.00. The van der Waals surface area contributed by atoms with Crippen LogP contribution in [0.1, 0.15) is 26.3 Å². The molecule has 0 saturated heterocycles. The fraction of sp³-hybridized carbons (Fsp3) is 0.462. The van der Waals surface area contributed by atoms with E-state index in [1.54, 1.807) is 11.8 Å². The van der Waals surface area contributed by atoms with Gasteiger partial charge in [0.15, 0.2) is 0 Å². The van der Waals surface area contributed by atoms with Gasteiger partial charge in [0, 0.05) is 10.4 Å². The summed E-state index contributed by atoms with van der Waals surface area (Å²) in [5, 5.41) is 2.92. The lowest BCUT2D eigenvalue weighted by Crippen LogP contribution is -2.19. The molecule has 0 aliphatic rings. The van der Waals surface area contributed by atoms with E-state index in [1.165, 1.54) is 0 Å². The molecule has 1 amide bonds. The summed E-state index contributed by atoms with van der Waals surface area (Å²) in [6, 6.07) is 7.82. The summed E-state index contributed by atoms with van der Waals surface area (Å²) in [4.78, 5) is 11.7. The largest absolute Gasteiger partial charge is 0.325 e. The summed E-state index contributed by atoms with van der Waals surface area (Å²) in [6.45, 7) is 8.32. The molecule has 1 aromatic rings. The van der Waals surface area contributed by atoms with Gasteiger partial charge >= 0.3 is 0 Å². The summed E-state index contributed by atoms with van der Waals surface area (Å²) in [6.07, 6.45) is 0. The molecule has 0 radical (unpaired) electrons. The fourth-order valence-corrected chi connectivity index (χ4v) is 1.82. The molecule has 0 bridgehead atoms. The third kappa shape index (κ3) is 4.71. The molecule has 1 rings (SSSR count). The molecule has 0 saturated carbocycles. The predicted octanol–water partition coefficient (Wildman–Crippen LogP) is 3.47. The van der Waals surface area contributed by atoms with Crippen molar-refractivity contribution in [3.63, 3.8) is 0 Å². The molecule has 16 heavy (non-hydrogen) atoms. The van der Waals surface area contributed by atoms with Gasteiger partial charge in [0.05, 0.1) is 5.75 Å². The first-order chi connectivity index (χ1) is 7.38. The van der Waals surface area contributed by atoms with Crippen LogP contribution in [0.4, 0.5) is 5.69 Å². The van der Waals surface area contributed by atoms with Gasteiger partial charge < -0.3 is 5.32 Å². The van der Waals surface area contributed by atoms with E-state index in [4.69, 9.17) is 0 Å². The lowest BCUT2D eigenvalue weighted by atomic mass is 10.2. The van der Waals surface area contributed by atoms with E-state index < -0.39 is 0 Å². The van der Waals surface area contributed by atoms with Crippen LogP contribution in [0.25, 0.3) is 0 Å². The lowest BCUT2D eigenvalue weighted by molar-refractivity contribution is -0.113. The zero-order valence-electron chi connectivity index (χ0n) is 10.3. The minimum Gasteiger partial charge on any atom is -0.325 e. The van der Waals surface area contributed by atoms with E-state index in [0.29, 0.717) is 5.75 Å². The molecule has 0 fully saturated rings. The van der Waals surface area contributed by atoms with Gasteiger partial charge in [0.2, 0.25) is 5.91 Å². The molecule has 0 aliphatic heterocycles. The number of carbonyl (C=O) groups is 1. The van der Waals surface area contributed by atoms with E-state index in [-0.39, 0.29) is 10.7 Å². The van der Waals surface area contributed by atoms with E-state index in [0.717, 1.165) is 11.3 Å². The number of aryl methyl sites for hydroxylation is 1. The van der Waals surface area contributed by atoms with Crippen molar-refractivity contribution in [3.8, 4) is 0 Å². The maximum atomic E-state index is 11.7. The Balaban J connectivity index is 2.50. The van der Waals surface area contributed by atoms with Gasteiger partial charge in [-0.25, -0.2) is 0 Å². The van der Waals surface area contributed by atoms with Gasteiger partial charge in [-0.3, -0.25) is 4.79 Å². The Labute approximate surface area is 102 Å². The molecule has 3 heteroatoms. The van der Waals surface area contributed by atoms with Crippen LogP contribution >= 0.6 is 11.8 Å². The van der Waals surface area contributed by atoms with Crippen molar-refractivity contribution in [1.29, 1.82) is 0 Å². The molecule has 2 nitrogen and oxygen atoms in total. The molecule has 1 aromatic carbocycles. The number of nitrogens with one attached hydrogen (secondary N) is 1. The Bertz CT molecular complexity index is 368. The van der Waals surface area contributed by atoms with Crippen LogP contribution in [0.2, 0.25) is 0 Å². The topological polar surface area (TPSA) is 29.1 Å². The van der Waals surface area contributed by atoms with Gasteiger partial charge in [-0.15, -0.1) is 11.8 Å². The second-order valence-electron chi connectivity index (χ2n) is 4.76. The zero-order valence-corrected chi connectivity index (χ0v) is 11.1. The highest BCUT2D eigenvalue weighted by Gasteiger charge is 2.13. The van der Waals surface area contributed by atoms with Crippen LogP contribution in [0.5, 0.6) is 0 Å². The molecule has 0 spiro atoms. The molecular weight excluding hydrogens is 218 g/mol. The minimum atomic E-state index is 0.0641. The first-order valence-corrected chi connectivity index (χ1v) is 6.36. The molecule has 88 valence electrons. The number of amides is 1. The number of hydrogen-bond acceptors (Lipinski definition) is 2. The normalized spacial score (nSPS) is 11.2. The van der Waals surface area contributed by atoms with Crippen molar-refractivity contribution >= 4 is 23.4 Å². The van der Waals surface area contributed by atoms with Crippen LogP contribution in [-0.2, 0) is 4.79 Å². The van der Waals surface area contributed by atoms with Crippen molar-refractivity contribution in [3.05, 3.63) is 29.8 Å². The molecule has 0 aromatic heterocycles. The van der Waals surface area contributed by atoms with E-state index >= 15 is 0 Å². The van der Waals surface area contributed by atoms with Gasteiger partial charge in [-0.05, 0) is 18.6 Å². The van der Waals surface area contributed by atoms with Crippen molar-refractivity contribution in [1.82, 2.24) is 0 Å². The van der Waals surface area contributed by atoms with Crippen molar-refractivity contribution in [2.45, 2.75) is 32.4 Å². The number of rotatable bonds is 3. The van der Waals surface area contributed by atoms with Crippen molar-refractivity contribution in [2.75, 3.05) is 11.1 Å². The Morgan fingerprint density at radius 3 is 2.50 bits per heavy atom. The number of para-hydroxylation sites is 1. The average molecular weight is 237 g/mol. The summed E-state index contributed by atoms with van der Waals surface area (Å²) in [5.74, 6) is 0.562. The Hall–Kier alpha value is -0.960. The highest BCUT2D eigenvalue weighted by atomic mass is 32.2. The molecule has 0 unspecified atom stereocenters. The number of benzene rings is 1. The van der Waals surface area contributed by atoms with Crippen molar-refractivity contribution in [2.24, 2.45) is 0 Å². The summed E-state index contributed by atoms with van der Waals surface area (Å²) >= 11 is 1.65. The monoisotopic (exact) mass is 237 g/mol. The Kier molecular flexibility index (Phi) is 4.42. The molecule has 0 aliphatic carbocycles. The number of carbonyl (C=O) groups excluding carboxylic acids is 1. The maximum absolute atomic E-state index is 11.7. The zero-order chi connectivity index (χ0) is 12.2. The predicted molar refractivity (Wildman–Crippen MR) is 72.0 cm³/mol. The Morgan fingerprint density at radius 1 is 1.31 bits per heavy atom. The van der Waals surface area contributed by atoms with Gasteiger partial charge in [-0.1, -0.05) is 39.0 Å². The molecular formula is C13H19NOS. The lowest BCUT2D eigenvalue weighted by Gasteiger charge is -2.17. The number of thioether (sulfide) groups is 1. The van der Waals surface area contributed by atoms with E-state index in [9.17, 15) is 4.79 Å². The van der Waals surface area contributed by atoms with Gasteiger partial charge in [-0.2, -0.15) is 0 Å². The van der Waals surface area contributed by atoms with Crippen LogP contribution in [-0.4, -0.2) is 16.4 Å². The first-order valence-electron chi connectivity index (χ1n) is 5.38. The van der Waals surface area contributed by atoms with Gasteiger partial charge in [0.25, 0.3) is 0 Å². The Morgan fingerprint density at radius 2 is 1.94 bits per heavy atom. The van der Waals surface area contributed by atoms with Crippen LogP contribution in [0, 0.1) is 6.92 Å². The molecule has 1 N–H and O–H groups in total. The second-order valence-corrected chi connectivity index (χ2v) is 6.57. The summed E-state index contributed by atoms with van der Waals surface area (Å²) < 4.78 is 0.128. The third-order valence-electron chi connectivity index (χ3n) is 2.06. The molecule has 0 heterocycles. The third-order valence-corrected chi connectivity index (χ3v) is 3.33. The highest BCUT2D eigenvalue weighted by molar-refractivity contribution is 8.01. The van der Waals surface area contributed by atoms with Crippen molar-refractivity contribution < 1.29 is 4.79 Å². The second kappa shape index (κ2) is 5.39. The quantitative estimate of drug-likeness (QED) is 0.872. The van der Waals surface area contributed by atoms with E-state index in [1.807, 2.05) is 31.2 Å². The van der Waals surface area contributed by atoms with Crippen LogP contribution in [0.3, 0.4) is 0 Å². The maximum Gasteiger partial charge on any atom is 0.234 e. The first kappa shape index (κ1) is 13.1. The van der Waals surface area contributed by atoms with Gasteiger partial charge in [0.1, 0.15) is 0 Å². The average Bonchev–Trinajstić information content (AvgIpc) is 2.18. The van der Waals surface area contributed by atoms with Crippen LogP contribution in [0.15, 0.2) is 24.3 Å². The summed E-state index contributed by atoms with van der Waals surface area (Å²) in [7, 11) is 0. The fourth-order valence-electron chi connectivity index (χ4n) is 1.18. The number of anilines is 1. The smallest absolute Gasteiger partial charge is 0.234 e. The highest BCUT2D eigenvalue weighted by Crippen LogP contribution is 2.23. The molecule has 0 atom stereocenters. The van der Waals surface area contributed by atoms with Crippen LogP contribution < -0.4 is 5.32 Å². The minimum absolute atomic E-state index is 0.0641. The number of hydrogen-bond donors (Lipinski definition) is 1. The SMILES string of the molecule is Cc1ccccc1NC(=O)CSC(C)(C)C. The standard InChI is InChI=1S/C13H19NOS/c1-10-7-5-6-8-11(10)14-12(15)9-16-13(2,3)4/h5-8H,9H2,1-4H3,(H,14,15). The van der Waals surface area contributed by atoms with E-state index in [2.05, 4.69) is 26.1 Å².